The van der Waals surface area contributed by atoms with Gasteiger partial charge in [-0.3, -0.25) is 67.1 Å². The van der Waals surface area contributed by atoms with Crippen LogP contribution >= 0.6 is 58.0 Å². The monoisotopic (exact) mass is 1870 g/mol. The molecule has 8 heterocycles. The summed E-state index contributed by atoms with van der Waals surface area (Å²) in [5, 5.41) is 33.9. The van der Waals surface area contributed by atoms with Crippen LogP contribution in [-0.2, 0) is 74.1 Å². The highest BCUT2D eigenvalue weighted by Gasteiger charge is 2.63. The number of carbonyl (C=O) groups excluding carboxylic acids is 14. The van der Waals surface area contributed by atoms with Crippen LogP contribution in [0.25, 0.3) is 0 Å². The minimum atomic E-state index is -3.11. The number of Topliss-reactive ketones (excluding diaryl/α,β-unsaturated/α-hetero) is 5. The van der Waals surface area contributed by atoms with Gasteiger partial charge in [0.05, 0.1) is 43.9 Å². The number of halogens is 9. The molecule has 129 heavy (non-hydrogen) atoms. The highest BCUT2D eigenvalue weighted by atomic mass is 35.5. The zero-order valence-corrected chi connectivity index (χ0v) is 76.6. The predicted octanol–water partition coefficient (Wildman–Crippen LogP) is 15.4. The number of nitrogens with zero attached hydrogens (tertiary/aromatic N) is 5. The van der Waals surface area contributed by atoms with Crippen LogP contribution in [0.3, 0.4) is 0 Å². The van der Waals surface area contributed by atoms with Gasteiger partial charge in [0.2, 0.25) is 5.91 Å². The number of alkyl halides is 4. The van der Waals surface area contributed by atoms with Crippen molar-refractivity contribution in [2.75, 3.05) is 28.3 Å². The van der Waals surface area contributed by atoms with Crippen molar-refractivity contribution in [3.05, 3.63) is 205 Å². The van der Waals surface area contributed by atoms with Crippen molar-refractivity contribution in [2.24, 2.45) is 5.92 Å². The molecule has 9 amide bonds. The van der Waals surface area contributed by atoms with Gasteiger partial charge in [0.1, 0.15) is 33.9 Å². The Kier molecular flexibility index (Phi) is 27.9. The van der Waals surface area contributed by atoms with Crippen molar-refractivity contribution >= 4 is 163 Å². The van der Waals surface area contributed by atoms with Crippen molar-refractivity contribution in [1.82, 2.24) is 44.9 Å². The van der Waals surface area contributed by atoms with Crippen molar-refractivity contribution in [3.8, 4) is 6.07 Å². The summed E-state index contributed by atoms with van der Waals surface area (Å²) in [6, 6.07) is 22.4. The van der Waals surface area contributed by atoms with E-state index in [9.17, 15) is 89.9 Å². The molecule has 0 bridgehead atoms. The molecule has 8 aromatic rings. The van der Waals surface area contributed by atoms with Gasteiger partial charge in [0, 0.05) is 137 Å². The van der Waals surface area contributed by atoms with E-state index in [-0.39, 0.29) is 79.5 Å². The van der Waals surface area contributed by atoms with Crippen LogP contribution in [-0.4, -0.2) is 142 Å². The molecule has 3 fully saturated rings. The summed E-state index contributed by atoms with van der Waals surface area (Å²) in [6.07, 6.45) is 1.74. The van der Waals surface area contributed by atoms with Crippen molar-refractivity contribution < 1.29 is 84.7 Å². The average Bonchev–Trinajstić information content (AvgIpc) is 1.54. The number of carbonyl (C=O) groups is 14. The van der Waals surface area contributed by atoms with E-state index in [0.29, 0.717) is 129 Å². The van der Waals surface area contributed by atoms with Gasteiger partial charge in [-0.15, -0.1) is 0 Å². The zero-order chi connectivity index (χ0) is 94.7. The van der Waals surface area contributed by atoms with Crippen molar-refractivity contribution in [2.45, 2.75) is 227 Å². The maximum Gasteiger partial charge on any atom is 0.293 e. The molecule has 4 aromatic heterocycles. The van der Waals surface area contributed by atoms with E-state index >= 15 is 0 Å². The van der Waals surface area contributed by atoms with Gasteiger partial charge in [-0.25, -0.2) is 17.6 Å². The van der Waals surface area contributed by atoms with E-state index < -0.39 is 136 Å². The number of aromatic nitrogens is 4. The highest BCUT2D eigenvalue weighted by Crippen LogP contribution is 2.55. The molecule has 28 nitrogen and oxygen atoms in total. The molecule has 9 N–H and O–H groups in total. The fourth-order valence-electron chi connectivity index (χ4n) is 17.5. The molecule has 4 aliphatic heterocycles. The number of rotatable bonds is 22. The Balaban J connectivity index is 0.000000157. The molecule has 2 atom stereocenters. The molecule has 7 aliphatic rings. The van der Waals surface area contributed by atoms with Gasteiger partial charge < -0.3 is 66.1 Å². The van der Waals surface area contributed by atoms with Crippen LogP contribution in [0.2, 0.25) is 25.1 Å². The molecule has 3 saturated carbocycles. The zero-order valence-electron chi connectivity index (χ0n) is 72.8. The number of nitrogens with one attached hydrogen (secondary N) is 9. The highest BCUT2D eigenvalue weighted by molar-refractivity contribution is 6.50. The number of amides is 9. The lowest BCUT2D eigenvalue weighted by atomic mass is 9.69. The Bertz CT molecular complexity index is 6150. The Hall–Kier alpha value is -11.8. The van der Waals surface area contributed by atoms with Gasteiger partial charge in [-0.2, -0.15) is 5.26 Å². The lowest BCUT2D eigenvalue weighted by Crippen LogP contribution is -2.69. The Labute approximate surface area is 764 Å². The summed E-state index contributed by atoms with van der Waals surface area (Å²) in [6.45, 7) is 22.5. The van der Waals surface area contributed by atoms with Crippen LogP contribution in [0, 0.1) is 58.8 Å². The summed E-state index contributed by atoms with van der Waals surface area (Å²) in [5.74, 6) is -16.2. The lowest BCUT2D eigenvalue weighted by Gasteiger charge is -2.46. The second kappa shape index (κ2) is 37.4. The molecule has 0 saturated heterocycles. The maximum absolute atomic E-state index is 13.6. The number of anilines is 4. The van der Waals surface area contributed by atoms with Crippen molar-refractivity contribution in [1.29, 1.82) is 5.26 Å². The number of hydrogen-bond acceptors (Lipinski definition) is 15. The van der Waals surface area contributed by atoms with E-state index in [1.807, 2.05) is 32.3 Å². The van der Waals surface area contributed by atoms with Gasteiger partial charge >= 0.3 is 0 Å². The smallest absolute Gasteiger partial charge is 0.293 e. The number of likely N-dealkylation sites (N-methyl/N-ethyl adjacent to an activating group) is 1. The molecule has 0 spiro atoms. The van der Waals surface area contributed by atoms with Crippen LogP contribution in [0.1, 0.15) is 250 Å². The maximum atomic E-state index is 13.6. The molecular weight excluding hydrogens is 1780 g/mol. The number of fused-ring (bicyclic) bond motifs is 6. The first-order valence-corrected chi connectivity index (χ1v) is 43.7. The van der Waals surface area contributed by atoms with E-state index in [4.69, 9.17) is 58.0 Å². The first-order valence-electron chi connectivity index (χ1n) is 41.8. The quantitative estimate of drug-likeness (QED) is 0.0173. The first-order chi connectivity index (χ1) is 60.5. The molecule has 4 aromatic carbocycles. The fourth-order valence-corrected chi connectivity index (χ4v) is 18.8. The minimum absolute atomic E-state index is 0.00862. The lowest BCUT2D eigenvalue weighted by molar-refractivity contribution is -0.164. The standard InChI is InChI=1S/C25H25ClF2N4O4.C25H26ClF2N3O4.C22H23ClN4O3.C20H21Cl2N3O3/c1-11-4-5-14(8-15(11)26)30-21(34)19-12(2)18(17-7-13-6-16(13)32(17)19)20(33)22(35)31-24(23(36)29-3)9-25(27,28)10-24;1-4-18(32)24(11-25(27,28)12-24)30-23(35)21(33)19-14(3)20(31-9-5-6-17(19)31)22(34)29-15-8-7-13(2)16(26)10-15;1-12-7-8-14(10-13(12)11-24)25-20(29)18-17(23)16(15-6-5-9-27(15)18)19(28)21(30)26-22(2,3)4;1-10(2)23-20(28)18(26)15-14-5-4-8-25(14)17(16(15)22)19(27)24-12-7-6-11(3)13(21)9-12/h4-5,8,13,16H,6-7,9-10H2,1-3H3,(H,29,36)(H,30,34)(H,31,35);7-8,10H,4-6,9,11-12H2,1-3H3,(H,29,34)(H,30,35);7-8,10H,5-6,9H2,1-4H3,(H,25,29)(H,26,30);6-7,9-10H,4-5,8H2,1-3H3,(H,23,28)(H,24,27)/t13-,16-;;;/m0.../s1. The second-order valence-corrected chi connectivity index (χ2v) is 36.8. The SMILES string of the molecule is CCC(=O)C1(NC(=O)C(=O)c2c(C)c(C(=O)Nc3ccc(C)c(Cl)c3)n3c2CCC3)CC(F)(F)C1.CNC(=O)C1(NC(=O)C(=O)c2c(C)c(C(=O)Nc3ccc(C)c(Cl)c3)n3c2C[C@@H]2C[C@@H]23)CC(F)(F)C1.Cc1ccc(NC(=O)c2c(Cl)c(C(=O)C(=O)NC(C)(C)C)c3n2CCC3)cc1C#N.Cc1ccc(NC(=O)c2c(Cl)c(C(=O)C(=O)NC(C)C)c3n2CCC3)cc1Cl. The molecule has 3 aliphatic carbocycles. The number of aryl methyl sites for hydroxylation is 4. The van der Waals surface area contributed by atoms with Crippen LogP contribution in [0.15, 0.2) is 72.8 Å². The molecular formula is C92H95Cl5F4N14O14. The van der Waals surface area contributed by atoms with Crippen LogP contribution in [0.5, 0.6) is 0 Å². The third-order valence-corrected chi connectivity index (χ3v) is 25.7. The van der Waals surface area contributed by atoms with E-state index in [2.05, 4.69) is 53.9 Å². The third kappa shape index (κ3) is 19.7. The summed E-state index contributed by atoms with van der Waals surface area (Å²) in [4.78, 5) is 180. The Morgan fingerprint density at radius 2 is 0.853 bits per heavy atom. The topological polar surface area (TPSA) is 391 Å². The molecule has 15 rings (SSSR count). The van der Waals surface area contributed by atoms with E-state index in [1.165, 1.54) is 14.0 Å². The number of benzene rings is 4. The molecule has 680 valence electrons. The summed E-state index contributed by atoms with van der Waals surface area (Å²) >= 11 is 31.3. The normalized spacial score (nSPS) is 16.6. The minimum Gasteiger partial charge on any atom is -0.357 e. The second-order valence-electron chi connectivity index (χ2n) is 34.8. The van der Waals surface area contributed by atoms with Gasteiger partial charge in [0.15, 0.2) is 5.78 Å². The van der Waals surface area contributed by atoms with Crippen molar-refractivity contribution in [3.63, 3.8) is 0 Å². The van der Waals surface area contributed by atoms with Crippen LogP contribution in [0.4, 0.5) is 40.3 Å². The summed E-state index contributed by atoms with van der Waals surface area (Å²) < 4.78 is 61.5. The molecule has 0 radical (unpaired) electrons. The number of nitriles is 1. The Morgan fingerprint density at radius 3 is 1.26 bits per heavy atom. The van der Waals surface area contributed by atoms with Gasteiger partial charge in [-0.05, 0) is 215 Å². The summed E-state index contributed by atoms with van der Waals surface area (Å²) in [7, 11) is 1.28. The largest absolute Gasteiger partial charge is 0.357 e. The number of ketones is 5. The van der Waals surface area contributed by atoms with Gasteiger partial charge in [0.25, 0.3) is 82.2 Å². The number of hydrogen-bond donors (Lipinski definition) is 9. The fraction of sp³-hybridized carbons (Fsp3) is 0.402. The summed E-state index contributed by atoms with van der Waals surface area (Å²) in [5.41, 5.74) is 5.86. The first kappa shape index (κ1) is 96.3. The molecule has 37 heteroatoms. The predicted molar refractivity (Wildman–Crippen MR) is 477 cm³/mol. The van der Waals surface area contributed by atoms with Gasteiger partial charge in [-0.1, -0.05) is 89.2 Å². The molecule has 0 unspecified atom stereocenters. The van der Waals surface area contributed by atoms with E-state index in [1.54, 1.807) is 135 Å². The third-order valence-electron chi connectivity index (χ3n) is 23.7. The average molecular weight is 1870 g/mol. The van der Waals surface area contributed by atoms with E-state index in [0.717, 1.165) is 41.5 Å². The van der Waals surface area contributed by atoms with Crippen LogP contribution < -0.4 is 47.9 Å². The Morgan fingerprint density at radius 1 is 0.488 bits per heavy atom.